The van der Waals surface area contributed by atoms with Crippen molar-refractivity contribution in [2.45, 2.75) is 13.8 Å². The minimum Gasteiger partial charge on any atom is -0.346 e. The smallest absolute Gasteiger partial charge is 0.269 e. The van der Waals surface area contributed by atoms with E-state index in [1.54, 1.807) is 24.3 Å². The number of rotatable bonds is 6. The van der Waals surface area contributed by atoms with Gasteiger partial charge in [0.15, 0.2) is 0 Å². The number of nitrogens with zero attached hydrogens (tertiary/aromatic N) is 2. The Morgan fingerprint density at radius 1 is 0.605 bits per heavy atom. The summed E-state index contributed by atoms with van der Waals surface area (Å²) in [5.41, 5.74) is 5.02. The Bertz CT molecular complexity index is 1320. The SMILES string of the molecule is Cc1ccc(NC(=O)c2ccc([N+](=O)[O-])cc2)cc1.Cc1ccc(NC(=S)c2ccc([N+](=O)[O-])cc2)cc1. The molecule has 0 bridgehead atoms. The fourth-order valence-corrected chi connectivity index (χ4v) is 3.40. The highest BCUT2D eigenvalue weighted by Gasteiger charge is 2.10. The first kappa shape index (κ1) is 27.6. The first-order valence-corrected chi connectivity index (χ1v) is 11.8. The number of aryl methyl sites for hydroxylation is 2. The number of carbonyl (C=O) groups is 1. The summed E-state index contributed by atoms with van der Waals surface area (Å²) < 4.78 is 0. The molecule has 0 aliphatic carbocycles. The fraction of sp³-hybridized carbons (Fsp3) is 0.0714. The summed E-state index contributed by atoms with van der Waals surface area (Å²) in [5, 5.41) is 26.9. The standard InChI is InChI=1S/C14H12N2O3.C14H12N2O2S/c1-10-2-6-12(7-3-10)15-14(17)11-4-8-13(9-5-11)16(18)19;1-10-2-6-12(7-3-10)15-14(19)11-4-8-13(9-5-11)16(17)18/h2-9H,1H3,(H,15,17);2-9H,1H3,(H,15,19). The second-order valence-corrected chi connectivity index (χ2v) is 8.66. The number of carbonyl (C=O) groups excluding carboxylic acids is 1. The Hall–Kier alpha value is -4.96. The van der Waals surface area contributed by atoms with Gasteiger partial charge in [-0.05, 0) is 62.4 Å². The van der Waals surface area contributed by atoms with Gasteiger partial charge in [-0.2, -0.15) is 0 Å². The van der Waals surface area contributed by atoms with Gasteiger partial charge in [0, 0.05) is 46.8 Å². The van der Waals surface area contributed by atoms with Crippen LogP contribution < -0.4 is 10.6 Å². The summed E-state index contributed by atoms with van der Waals surface area (Å²) in [6, 6.07) is 26.9. The normalized spacial score (nSPS) is 9.95. The maximum absolute atomic E-state index is 11.9. The highest BCUT2D eigenvalue weighted by molar-refractivity contribution is 7.81. The van der Waals surface area contributed by atoms with Crippen LogP contribution in [0, 0.1) is 34.1 Å². The van der Waals surface area contributed by atoms with Crippen LogP contribution in [0.15, 0.2) is 97.1 Å². The van der Waals surface area contributed by atoms with E-state index in [1.807, 2.05) is 50.2 Å². The molecule has 4 aromatic carbocycles. The molecule has 4 rings (SSSR count). The van der Waals surface area contributed by atoms with Crippen molar-refractivity contribution in [2.24, 2.45) is 0 Å². The lowest BCUT2D eigenvalue weighted by atomic mass is 10.2. The van der Waals surface area contributed by atoms with Crippen LogP contribution in [0.5, 0.6) is 0 Å². The van der Waals surface area contributed by atoms with E-state index in [-0.39, 0.29) is 17.3 Å². The monoisotopic (exact) mass is 528 g/mol. The third-order valence-electron chi connectivity index (χ3n) is 5.30. The van der Waals surface area contributed by atoms with Crippen molar-refractivity contribution in [1.82, 2.24) is 0 Å². The summed E-state index contributed by atoms with van der Waals surface area (Å²) in [6.07, 6.45) is 0. The van der Waals surface area contributed by atoms with E-state index < -0.39 is 9.85 Å². The molecule has 0 radical (unpaired) electrons. The van der Waals surface area contributed by atoms with E-state index >= 15 is 0 Å². The summed E-state index contributed by atoms with van der Waals surface area (Å²) in [7, 11) is 0. The molecule has 0 aliphatic rings. The number of non-ortho nitro benzene ring substituents is 2. The molecule has 9 nitrogen and oxygen atoms in total. The lowest BCUT2D eigenvalue weighted by Crippen LogP contribution is -2.11. The fourth-order valence-electron chi connectivity index (χ4n) is 3.15. The molecule has 0 aliphatic heterocycles. The molecule has 0 unspecified atom stereocenters. The van der Waals surface area contributed by atoms with E-state index in [2.05, 4.69) is 10.6 Å². The largest absolute Gasteiger partial charge is 0.346 e. The number of nitrogens with one attached hydrogen (secondary N) is 2. The van der Waals surface area contributed by atoms with Crippen molar-refractivity contribution in [3.8, 4) is 0 Å². The summed E-state index contributed by atoms with van der Waals surface area (Å²) in [6.45, 7) is 3.97. The zero-order chi connectivity index (χ0) is 27.7. The van der Waals surface area contributed by atoms with Crippen LogP contribution >= 0.6 is 12.2 Å². The van der Waals surface area contributed by atoms with E-state index in [0.717, 1.165) is 16.8 Å². The topological polar surface area (TPSA) is 127 Å². The molecular weight excluding hydrogens is 504 g/mol. The van der Waals surface area contributed by atoms with E-state index in [1.165, 1.54) is 42.0 Å². The van der Waals surface area contributed by atoms with Crippen LogP contribution in [0.4, 0.5) is 22.7 Å². The second-order valence-electron chi connectivity index (χ2n) is 8.25. The zero-order valence-corrected chi connectivity index (χ0v) is 21.4. The molecule has 0 heterocycles. The predicted octanol–water partition coefficient (Wildman–Crippen LogP) is 6.85. The van der Waals surface area contributed by atoms with Crippen molar-refractivity contribution in [1.29, 1.82) is 0 Å². The molecular formula is C28H24N4O5S. The van der Waals surface area contributed by atoms with Crippen molar-refractivity contribution in [3.05, 3.63) is 140 Å². The number of nitro benzene ring substituents is 2. The Labute approximate surface area is 224 Å². The Kier molecular flexibility index (Phi) is 9.33. The molecule has 2 N–H and O–H groups in total. The van der Waals surface area contributed by atoms with Gasteiger partial charge in [-0.3, -0.25) is 25.0 Å². The number of hydrogen-bond acceptors (Lipinski definition) is 6. The molecule has 0 saturated heterocycles. The number of hydrogen-bond donors (Lipinski definition) is 2. The summed E-state index contributed by atoms with van der Waals surface area (Å²) >= 11 is 5.26. The number of amides is 1. The number of nitro groups is 2. The Balaban J connectivity index is 0.000000211. The van der Waals surface area contributed by atoms with E-state index in [0.29, 0.717) is 16.2 Å². The van der Waals surface area contributed by atoms with Crippen molar-refractivity contribution < 1.29 is 14.6 Å². The van der Waals surface area contributed by atoms with Gasteiger partial charge >= 0.3 is 0 Å². The minimum absolute atomic E-state index is 0.0353. The van der Waals surface area contributed by atoms with Crippen LogP contribution in [0.25, 0.3) is 0 Å². The molecule has 38 heavy (non-hydrogen) atoms. The average molecular weight is 529 g/mol. The molecule has 1 amide bonds. The minimum atomic E-state index is -0.498. The molecule has 0 atom stereocenters. The zero-order valence-electron chi connectivity index (χ0n) is 20.6. The Morgan fingerprint density at radius 3 is 1.37 bits per heavy atom. The van der Waals surface area contributed by atoms with Gasteiger partial charge in [0.05, 0.1) is 9.85 Å². The maximum Gasteiger partial charge on any atom is 0.269 e. The summed E-state index contributed by atoms with van der Waals surface area (Å²) in [5.74, 6) is -0.293. The molecule has 0 spiro atoms. The van der Waals surface area contributed by atoms with Gasteiger partial charge in [0.2, 0.25) is 0 Å². The van der Waals surface area contributed by atoms with Gasteiger partial charge in [0.1, 0.15) is 4.99 Å². The van der Waals surface area contributed by atoms with E-state index in [4.69, 9.17) is 12.2 Å². The van der Waals surface area contributed by atoms with Gasteiger partial charge in [-0.15, -0.1) is 0 Å². The van der Waals surface area contributed by atoms with Crippen molar-refractivity contribution in [2.75, 3.05) is 10.6 Å². The Morgan fingerprint density at radius 2 is 0.974 bits per heavy atom. The van der Waals surface area contributed by atoms with Crippen molar-refractivity contribution >= 4 is 45.9 Å². The van der Waals surface area contributed by atoms with Crippen LogP contribution in [0.2, 0.25) is 0 Å². The molecule has 0 saturated carbocycles. The predicted molar refractivity (Wildman–Crippen MR) is 152 cm³/mol. The lowest BCUT2D eigenvalue weighted by molar-refractivity contribution is -0.385. The van der Waals surface area contributed by atoms with Gasteiger partial charge in [-0.1, -0.05) is 47.6 Å². The molecule has 4 aromatic rings. The number of anilines is 2. The molecule has 0 fully saturated rings. The highest BCUT2D eigenvalue weighted by Crippen LogP contribution is 2.16. The molecule has 192 valence electrons. The van der Waals surface area contributed by atoms with Crippen LogP contribution in [0.1, 0.15) is 27.0 Å². The third-order valence-corrected chi connectivity index (χ3v) is 5.64. The van der Waals surface area contributed by atoms with Crippen molar-refractivity contribution in [3.63, 3.8) is 0 Å². The van der Waals surface area contributed by atoms with Crippen LogP contribution in [-0.4, -0.2) is 20.7 Å². The third kappa shape index (κ3) is 8.04. The van der Waals surface area contributed by atoms with Gasteiger partial charge in [0.25, 0.3) is 17.3 Å². The first-order valence-electron chi connectivity index (χ1n) is 11.4. The lowest BCUT2D eigenvalue weighted by Gasteiger charge is -2.08. The highest BCUT2D eigenvalue weighted by atomic mass is 32.1. The first-order chi connectivity index (χ1) is 18.1. The van der Waals surface area contributed by atoms with Gasteiger partial charge in [-0.25, -0.2) is 0 Å². The quantitative estimate of drug-likeness (QED) is 0.159. The number of thiocarbonyl (C=S) groups is 1. The average Bonchev–Trinajstić information content (AvgIpc) is 2.91. The van der Waals surface area contributed by atoms with Crippen LogP contribution in [0.3, 0.4) is 0 Å². The second kappa shape index (κ2) is 12.8. The summed E-state index contributed by atoms with van der Waals surface area (Å²) in [4.78, 5) is 32.6. The van der Waals surface area contributed by atoms with Crippen LogP contribution in [-0.2, 0) is 0 Å². The molecule has 0 aromatic heterocycles. The maximum atomic E-state index is 11.9. The van der Waals surface area contributed by atoms with E-state index in [9.17, 15) is 25.0 Å². The number of benzene rings is 4. The van der Waals surface area contributed by atoms with Gasteiger partial charge < -0.3 is 10.6 Å². The molecule has 10 heteroatoms.